The summed E-state index contributed by atoms with van der Waals surface area (Å²) < 4.78 is 16.8. The number of hydrogen-bond acceptors (Lipinski definition) is 4. The molecule has 1 saturated heterocycles. The molecule has 2 rings (SSSR count). The van der Waals surface area contributed by atoms with Crippen LogP contribution in [0.1, 0.15) is 25.3 Å². The topological polar surface area (TPSA) is 39.7 Å². The molecule has 20 heavy (non-hydrogen) atoms. The molecule has 1 aliphatic heterocycles. The molecular weight excluding hydrogens is 254 g/mol. The van der Waals surface area contributed by atoms with Crippen LogP contribution in [0.4, 0.5) is 0 Å². The number of hydrogen-bond donors (Lipinski definition) is 1. The van der Waals surface area contributed by atoms with Crippen LogP contribution in [0, 0.1) is 0 Å². The van der Waals surface area contributed by atoms with E-state index in [1.54, 1.807) is 0 Å². The minimum Gasteiger partial charge on any atom is -0.491 e. The quantitative estimate of drug-likeness (QED) is 0.705. The van der Waals surface area contributed by atoms with Crippen LogP contribution in [-0.2, 0) is 16.0 Å². The maximum Gasteiger partial charge on any atom is 0.119 e. The van der Waals surface area contributed by atoms with E-state index in [0.717, 1.165) is 38.3 Å². The molecule has 1 N–H and O–H groups in total. The molecule has 4 heteroatoms. The molecule has 1 aromatic carbocycles. The summed E-state index contributed by atoms with van der Waals surface area (Å²) in [4.78, 5) is 0. The molecule has 1 heterocycles. The third kappa shape index (κ3) is 5.49. The predicted molar refractivity (Wildman–Crippen MR) is 79.1 cm³/mol. The lowest BCUT2D eigenvalue weighted by atomic mass is 10.2. The lowest BCUT2D eigenvalue weighted by molar-refractivity contribution is 0.00852. The van der Waals surface area contributed by atoms with Crippen LogP contribution in [0.5, 0.6) is 5.75 Å². The summed E-state index contributed by atoms with van der Waals surface area (Å²) in [6, 6.07) is 8.18. The van der Waals surface area contributed by atoms with Gasteiger partial charge in [0.2, 0.25) is 0 Å². The zero-order valence-electron chi connectivity index (χ0n) is 12.3. The molecule has 1 aromatic rings. The van der Waals surface area contributed by atoms with Crippen molar-refractivity contribution in [3.8, 4) is 5.75 Å². The van der Waals surface area contributed by atoms with Gasteiger partial charge < -0.3 is 19.5 Å². The summed E-state index contributed by atoms with van der Waals surface area (Å²) in [6.45, 7) is 6.71. The van der Waals surface area contributed by atoms with Gasteiger partial charge >= 0.3 is 0 Å². The van der Waals surface area contributed by atoms with Crippen molar-refractivity contribution >= 4 is 0 Å². The highest BCUT2D eigenvalue weighted by atomic mass is 16.5. The van der Waals surface area contributed by atoms with Crippen LogP contribution < -0.4 is 10.1 Å². The average Bonchev–Trinajstić information content (AvgIpc) is 2.98. The third-order valence-corrected chi connectivity index (χ3v) is 3.30. The zero-order chi connectivity index (χ0) is 14.0. The molecule has 0 spiro atoms. The first kappa shape index (κ1) is 15.3. The van der Waals surface area contributed by atoms with Gasteiger partial charge in [-0.15, -0.1) is 0 Å². The SMILES string of the molecule is CCNCc1cccc(OCCOCC2CCCO2)c1. The summed E-state index contributed by atoms with van der Waals surface area (Å²) >= 11 is 0. The zero-order valence-corrected chi connectivity index (χ0v) is 12.3. The number of benzene rings is 1. The summed E-state index contributed by atoms with van der Waals surface area (Å²) in [7, 11) is 0. The second-order valence-electron chi connectivity index (χ2n) is 4.99. The fourth-order valence-corrected chi connectivity index (χ4v) is 2.22. The molecule has 0 radical (unpaired) electrons. The van der Waals surface area contributed by atoms with Crippen molar-refractivity contribution in [2.45, 2.75) is 32.4 Å². The van der Waals surface area contributed by atoms with E-state index in [1.807, 2.05) is 12.1 Å². The molecule has 4 nitrogen and oxygen atoms in total. The lowest BCUT2D eigenvalue weighted by Crippen LogP contribution is -2.17. The average molecular weight is 279 g/mol. The number of nitrogens with one attached hydrogen (secondary N) is 1. The molecule has 0 bridgehead atoms. The van der Waals surface area contributed by atoms with Crippen molar-refractivity contribution < 1.29 is 14.2 Å². The molecule has 1 atom stereocenters. The smallest absolute Gasteiger partial charge is 0.119 e. The van der Waals surface area contributed by atoms with Crippen LogP contribution >= 0.6 is 0 Å². The Bertz CT molecular complexity index is 378. The second kappa shape index (κ2) is 8.95. The minimum absolute atomic E-state index is 0.290. The van der Waals surface area contributed by atoms with E-state index in [-0.39, 0.29) is 0 Å². The van der Waals surface area contributed by atoms with E-state index in [1.165, 1.54) is 5.56 Å². The van der Waals surface area contributed by atoms with Crippen molar-refractivity contribution in [3.05, 3.63) is 29.8 Å². The van der Waals surface area contributed by atoms with Gasteiger partial charge in [0.25, 0.3) is 0 Å². The van der Waals surface area contributed by atoms with Crippen LogP contribution in [0.3, 0.4) is 0 Å². The van der Waals surface area contributed by atoms with Crippen LogP contribution in [0.2, 0.25) is 0 Å². The van der Waals surface area contributed by atoms with Gasteiger partial charge in [0.1, 0.15) is 12.4 Å². The van der Waals surface area contributed by atoms with Gasteiger partial charge in [-0.25, -0.2) is 0 Å². The Hall–Kier alpha value is -1.10. The Morgan fingerprint density at radius 2 is 2.30 bits per heavy atom. The summed E-state index contributed by atoms with van der Waals surface area (Å²) in [6.07, 6.45) is 2.56. The van der Waals surface area contributed by atoms with E-state index < -0.39 is 0 Å². The van der Waals surface area contributed by atoms with Crippen molar-refractivity contribution in [2.24, 2.45) is 0 Å². The van der Waals surface area contributed by atoms with Crippen molar-refractivity contribution in [1.82, 2.24) is 5.32 Å². The summed E-state index contributed by atoms with van der Waals surface area (Å²) in [5, 5.41) is 3.31. The van der Waals surface area contributed by atoms with E-state index in [4.69, 9.17) is 14.2 Å². The number of rotatable bonds is 9. The molecule has 0 amide bonds. The van der Waals surface area contributed by atoms with Crippen molar-refractivity contribution in [3.63, 3.8) is 0 Å². The van der Waals surface area contributed by atoms with E-state index in [2.05, 4.69) is 24.4 Å². The summed E-state index contributed by atoms with van der Waals surface area (Å²) in [5.74, 6) is 0.904. The Labute approximate surface area is 121 Å². The first-order valence-electron chi connectivity index (χ1n) is 7.50. The molecule has 1 aliphatic rings. The maximum absolute atomic E-state index is 5.70. The maximum atomic E-state index is 5.70. The molecule has 1 unspecified atom stereocenters. The molecular formula is C16H25NO3. The van der Waals surface area contributed by atoms with Gasteiger partial charge in [-0.1, -0.05) is 19.1 Å². The Balaban J connectivity index is 1.60. The molecule has 0 aromatic heterocycles. The Kier molecular flexibility index (Phi) is 6.84. The van der Waals surface area contributed by atoms with Gasteiger partial charge in [-0.2, -0.15) is 0 Å². The molecule has 0 saturated carbocycles. The summed E-state index contributed by atoms with van der Waals surface area (Å²) in [5.41, 5.74) is 1.24. The number of ether oxygens (including phenoxy) is 3. The van der Waals surface area contributed by atoms with Gasteiger partial charge in [0.15, 0.2) is 0 Å². The monoisotopic (exact) mass is 279 g/mol. The van der Waals surface area contributed by atoms with E-state index in [9.17, 15) is 0 Å². The van der Waals surface area contributed by atoms with Crippen LogP contribution in [0.25, 0.3) is 0 Å². The second-order valence-corrected chi connectivity index (χ2v) is 4.99. The Morgan fingerprint density at radius 1 is 1.35 bits per heavy atom. The highest BCUT2D eigenvalue weighted by Crippen LogP contribution is 2.14. The molecule has 0 aliphatic carbocycles. The lowest BCUT2D eigenvalue weighted by Gasteiger charge is -2.11. The highest BCUT2D eigenvalue weighted by Gasteiger charge is 2.14. The highest BCUT2D eigenvalue weighted by molar-refractivity contribution is 5.28. The van der Waals surface area contributed by atoms with Gasteiger partial charge in [-0.05, 0) is 37.1 Å². The molecule has 112 valence electrons. The van der Waals surface area contributed by atoms with E-state index >= 15 is 0 Å². The van der Waals surface area contributed by atoms with Gasteiger partial charge in [-0.3, -0.25) is 0 Å². The largest absolute Gasteiger partial charge is 0.491 e. The van der Waals surface area contributed by atoms with Gasteiger partial charge in [0, 0.05) is 13.2 Å². The fraction of sp³-hybridized carbons (Fsp3) is 0.625. The standard InChI is InChI=1S/C16H25NO3/c1-2-17-12-14-5-3-6-15(11-14)20-10-9-18-13-16-7-4-8-19-16/h3,5-6,11,16-17H,2,4,7-10,12-13H2,1H3. The van der Waals surface area contributed by atoms with E-state index in [0.29, 0.717) is 25.9 Å². The van der Waals surface area contributed by atoms with Crippen LogP contribution in [-0.4, -0.2) is 39.1 Å². The first-order valence-corrected chi connectivity index (χ1v) is 7.50. The fourth-order valence-electron chi connectivity index (χ4n) is 2.22. The third-order valence-electron chi connectivity index (χ3n) is 3.30. The predicted octanol–water partition coefficient (Wildman–Crippen LogP) is 2.37. The van der Waals surface area contributed by atoms with Crippen molar-refractivity contribution in [1.29, 1.82) is 0 Å². The molecule has 1 fully saturated rings. The normalized spacial score (nSPS) is 18.4. The van der Waals surface area contributed by atoms with Gasteiger partial charge in [0.05, 0.1) is 19.3 Å². The first-order chi connectivity index (χ1) is 9.88. The van der Waals surface area contributed by atoms with Crippen molar-refractivity contribution in [2.75, 3.05) is 33.0 Å². The van der Waals surface area contributed by atoms with Crippen LogP contribution in [0.15, 0.2) is 24.3 Å². The Morgan fingerprint density at radius 3 is 3.10 bits per heavy atom. The minimum atomic E-state index is 0.290.